The van der Waals surface area contributed by atoms with E-state index in [1.807, 2.05) is 26.0 Å². The fourth-order valence-electron chi connectivity index (χ4n) is 11.2. The largest absolute Gasteiger partial charge is 0.476 e. The van der Waals surface area contributed by atoms with Gasteiger partial charge in [-0.3, -0.25) is 14.6 Å². The third-order valence-electron chi connectivity index (χ3n) is 14.9. The first-order chi connectivity index (χ1) is 33.7. The second-order valence-electron chi connectivity index (χ2n) is 19.5. The van der Waals surface area contributed by atoms with Gasteiger partial charge in [-0.2, -0.15) is 10.2 Å². The molecule has 3 N–H and O–H groups in total. The van der Waals surface area contributed by atoms with Crippen LogP contribution in [0.25, 0.3) is 22.3 Å². The van der Waals surface area contributed by atoms with E-state index in [0.29, 0.717) is 60.8 Å². The van der Waals surface area contributed by atoms with Crippen LogP contribution in [-0.2, 0) is 0 Å². The van der Waals surface area contributed by atoms with Crippen molar-refractivity contribution in [3.63, 3.8) is 0 Å². The highest BCUT2D eigenvalue weighted by Gasteiger charge is 2.35. The molecule has 4 aliphatic rings. The van der Waals surface area contributed by atoms with Crippen LogP contribution in [0, 0.1) is 11.8 Å². The quantitative estimate of drug-likeness (QED) is 0.132. The number of rotatable bonds is 10. The summed E-state index contributed by atoms with van der Waals surface area (Å²) < 4.78 is 3.29. The summed E-state index contributed by atoms with van der Waals surface area (Å²) in [6.45, 7) is 16.9. The number of carbonyl (C=O) groups excluding carboxylic acids is 1. The molecular formula is C50H62Cl5N13O3. The number of anilines is 2. The Labute approximate surface area is 440 Å². The molecule has 4 saturated heterocycles. The lowest BCUT2D eigenvalue weighted by atomic mass is 9.91. The Morgan fingerprint density at radius 3 is 1.42 bits per heavy atom. The van der Waals surface area contributed by atoms with Gasteiger partial charge in [-0.25, -0.2) is 34.1 Å². The Bertz CT molecular complexity index is 2680. The molecule has 4 aliphatic heterocycles. The van der Waals surface area contributed by atoms with Crippen molar-refractivity contribution in [2.75, 3.05) is 62.2 Å². The molecule has 2 aromatic carbocycles. The number of likely N-dealkylation sites (tertiary alicyclic amines) is 2. The highest BCUT2D eigenvalue weighted by molar-refractivity contribution is 6.35. The second kappa shape index (κ2) is 22.7. The molecule has 380 valence electrons. The molecular weight excluding hydrogens is 1010 g/mol. The summed E-state index contributed by atoms with van der Waals surface area (Å²) in [4.78, 5) is 52.9. The maximum Gasteiger partial charge on any atom is 0.358 e. The maximum atomic E-state index is 12.1. The Kier molecular flexibility index (Phi) is 16.9. The van der Waals surface area contributed by atoms with Gasteiger partial charge >= 0.3 is 5.97 Å². The van der Waals surface area contributed by atoms with Gasteiger partial charge in [0.1, 0.15) is 22.7 Å². The molecule has 10 rings (SSSR count). The van der Waals surface area contributed by atoms with Crippen LogP contribution in [0.2, 0.25) is 20.1 Å². The topological polar surface area (TPSA) is 181 Å². The minimum atomic E-state index is -1.14. The first-order valence-corrected chi connectivity index (χ1v) is 26.1. The molecule has 6 unspecified atom stereocenters. The highest BCUT2D eigenvalue weighted by Crippen LogP contribution is 2.35. The number of benzene rings is 2. The van der Waals surface area contributed by atoms with Gasteiger partial charge in [0, 0.05) is 58.4 Å². The standard InChI is InChI=1S/C25H31Cl2N7O.C25H30Cl2N6O2.ClH/c1-15-14-33(11-8-20(15)32-9-4-3-5-10-32)21-13-29-23-22(24(28)35)31-34(25(23)30-21)16(2)18-7-6-17(26)12-19(18)27;1-15-14-32(11-8-20(15)31-9-4-3-5-10-31)21-13-28-22-23(25(34)35)30-33(24(22)29-21)16(2)18-7-6-17(26)12-19(18)27;/h6-7,12-13,15-16,20H,3-5,8-11,14H2,1-2H3,(H2,28,35);6-7,12-13,15-16,20H,3-5,8-11,14H2,1-2H3,(H,34,35);1H. The first kappa shape index (κ1) is 52.8. The van der Waals surface area contributed by atoms with Crippen molar-refractivity contribution in [3.05, 3.63) is 91.4 Å². The van der Waals surface area contributed by atoms with Crippen LogP contribution in [0.4, 0.5) is 11.6 Å². The van der Waals surface area contributed by atoms with Gasteiger partial charge in [-0.15, -0.1) is 12.4 Å². The molecule has 16 nitrogen and oxygen atoms in total. The van der Waals surface area contributed by atoms with Gasteiger partial charge in [-0.1, -0.05) is 85.2 Å². The number of nitrogens with zero attached hydrogens (tertiary/aromatic N) is 12. The van der Waals surface area contributed by atoms with Crippen molar-refractivity contribution >= 4 is 105 Å². The van der Waals surface area contributed by atoms with Crippen molar-refractivity contribution in [1.29, 1.82) is 0 Å². The molecule has 0 aliphatic carbocycles. The van der Waals surface area contributed by atoms with E-state index in [2.05, 4.69) is 53.6 Å². The van der Waals surface area contributed by atoms with Crippen LogP contribution in [0.3, 0.4) is 0 Å². The van der Waals surface area contributed by atoms with Crippen molar-refractivity contribution in [1.82, 2.24) is 49.3 Å². The smallest absolute Gasteiger partial charge is 0.358 e. The summed E-state index contributed by atoms with van der Waals surface area (Å²) in [5, 5.41) is 20.7. The van der Waals surface area contributed by atoms with Crippen LogP contribution >= 0.6 is 58.8 Å². The zero-order chi connectivity index (χ0) is 49.4. The number of carboxylic acid groups (broad SMARTS) is 1. The molecule has 8 heterocycles. The number of piperidine rings is 4. The molecule has 0 spiro atoms. The van der Waals surface area contributed by atoms with Gasteiger partial charge < -0.3 is 20.6 Å². The number of primary amides is 1. The molecule has 6 atom stereocenters. The number of carboxylic acids is 1. The van der Waals surface area contributed by atoms with Crippen LogP contribution < -0.4 is 15.5 Å². The lowest BCUT2D eigenvalue weighted by Crippen LogP contribution is -2.51. The molecule has 71 heavy (non-hydrogen) atoms. The minimum absolute atomic E-state index is 0. The molecule has 0 bridgehead atoms. The first-order valence-electron chi connectivity index (χ1n) is 24.6. The zero-order valence-corrected chi connectivity index (χ0v) is 44.4. The van der Waals surface area contributed by atoms with Gasteiger partial charge in [0.25, 0.3) is 5.91 Å². The molecule has 1 amide bonds. The van der Waals surface area contributed by atoms with Gasteiger partial charge in [-0.05, 0) is 126 Å². The van der Waals surface area contributed by atoms with Crippen molar-refractivity contribution in [2.24, 2.45) is 17.6 Å². The molecule has 0 saturated carbocycles. The average molecular weight is 1070 g/mol. The van der Waals surface area contributed by atoms with Crippen molar-refractivity contribution < 1.29 is 14.7 Å². The Morgan fingerprint density at radius 2 is 1.04 bits per heavy atom. The summed E-state index contributed by atoms with van der Waals surface area (Å²) in [5.41, 5.74) is 8.83. The molecule has 4 fully saturated rings. The minimum Gasteiger partial charge on any atom is -0.476 e. The predicted octanol–water partition coefficient (Wildman–Crippen LogP) is 10.1. The van der Waals surface area contributed by atoms with Crippen LogP contribution in [0.15, 0.2) is 48.8 Å². The van der Waals surface area contributed by atoms with Crippen LogP contribution in [0.5, 0.6) is 0 Å². The summed E-state index contributed by atoms with van der Waals surface area (Å²) >= 11 is 25.1. The summed E-state index contributed by atoms with van der Waals surface area (Å²) in [5.74, 6) is 0.784. The maximum absolute atomic E-state index is 12.1. The fraction of sp³-hybridized carbons (Fsp3) is 0.520. The number of amides is 1. The second-order valence-corrected chi connectivity index (χ2v) is 21.2. The number of hydrogen-bond donors (Lipinski definition) is 2. The SMILES string of the molecule is CC1CN(c2cnc3c(C(=O)O)nn(C(C)c4ccc(Cl)cc4Cl)c3n2)CCC1N1CCCCC1.CC1CN(c2cnc3c(C(N)=O)nn(C(C)c4ccc(Cl)cc4Cl)c3n2)CCC1N1CCCCC1.Cl. The van der Waals surface area contributed by atoms with E-state index in [4.69, 9.17) is 62.1 Å². The van der Waals surface area contributed by atoms with E-state index in [9.17, 15) is 14.7 Å². The van der Waals surface area contributed by atoms with Gasteiger partial charge in [0.2, 0.25) is 0 Å². The number of aromatic nitrogens is 8. The monoisotopic (exact) mass is 1070 g/mol. The summed E-state index contributed by atoms with van der Waals surface area (Å²) in [6, 6.07) is 11.1. The number of aromatic carboxylic acids is 1. The molecule has 4 aromatic heterocycles. The van der Waals surface area contributed by atoms with E-state index in [1.54, 1.807) is 46.0 Å². The third-order valence-corrected chi connectivity index (χ3v) is 16.0. The predicted molar refractivity (Wildman–Crippen MR) is 284 cm³/mol. The number of carbonyl (C=O) groups is 2. The molecule has 21 heteroatoms. The summed E-state index contributed by atoms with van der Waals surface area (Å²) in [6.07, 6.45) is 13.5. The van der Waals surface area contributed by atoms with E-state index < -0.39 is 11.9 Å². The van der Waals surface area contributed by atoms with E-state index in [1.165, 1.54) is 64.7 Å². The lowest BCUT2D eigenvalue weighted by molar-refractivity contribution is 0.0690. The lowest BCUT2D eigenvalue weighted by Gasteiger charge is -2.44. The normalized spacial score (nSPS) is 22.1. The molecule has 0 radical (unpaired) electrons. The van der Waals surface area contributed by atoms with Crippen molar-refractivity contribution in [3.8, 4) is 0 Å². The van der Waals surface area contributed by atoms with Crippen LogP contribution in [-0.4, -0.2) is 131 Å². The average Bonchev–Trinajstić information content (AvgIpc) is 3.94. The number of fused-ring (bicyclic) bond motifs is 2. The van der Waals surface area contributed by atoms with E-state index in [-0.39, 0.29) is 41.4 Å². The molecule has 6 aromatic rings. The van der Waals surface area contributed by atoms with E-state index >= 15 is 0 Å². The third kappa shape index (κ3) is 11.2. The Morgan fingerprint density at radius 1 is 0.634 bits per heavy atom. The zero-order valence-electron chi connectivity index (χ0n) is 40.5. The number of nitrogens with two attached hydrogens (primary N) is 1. The highest BCUT2D eigenvalue weighted by atomic mass is 35.5. The number of halogens is 5. The summed E-state index contributed by atoms with van der Waals surface area (Å²) in [7, 11) is 0. The van der Waals surface area contributed by atoms with Crippen LogP contribution in [0.1, 0.15) is 123 Å². The number of hydrogen-bond acceptors (Lipinski definition) is 12. The van der Waals surface area contributed by atoms with Crippen molar-refractivity contribution in [2.45, 2.75) is 103 Å². The Hall–Kier alpha value is -4.55. The fourth-order valence-corrected chi connectivity index (χ4v) is 12.3. The van der Waals surface area contributed by atoms with E-state index in [0.717, 1.165) is 61.8 Å². The van der Waals surface area contributed by atoms with Gasteiger partial charge in [0.15, 0.2) is 22.7 Å². The van der Waals surface area contributed by atoms with Gasteiger partial charge in [0.05, 0.1) is 24.5 Å². The Balaban J connectivity index is 0.000000188.